The van der Waals surface area contributed by atoms with E-state index in [1.807, 2.05) is 0 Å². The van der Waals surface area contributed by atoms with Gasteiger partial charge in [0.1, 0.15) is 0 Å². The lowest BCUT2D eigenvalue weighted by atomic mass is 9.87. The van der Waals surface area contributed by atoms with E-state index in [1.54, 1.807) is 0 Å². The predicted molar refractivity (Wildman–Crippen MR) is 69.7 cm³/mol. The molecule has 0 radical (unpaired) electrons. The fraction of sp³-hybridized carbons (Fsp3) is 0.923. The molecule has 1 heterocycles. The number of hydrogen-bond acceptors (Lipinski definition) is 1. The number of carbonyl (C=O) groups excluding carboxylic acids is 1. The first-order chi connectivity index (χ1) is 7.83. The highest BCUT2D eigenvalue weighted by Gasteiger charge is 2.31. The molecule has 1 saturated heterocycles. The molecule has 1 aliphatic heterocycles. The topological polar surface area (TPSA) is 20.3 Å². The molecule has 2 aliphatic rings. The Morgan fingerprint density at radius 3 is 2.44 bits per heavy atom. The number of piperidine rings is 1. The molecule has 0 N–H and O–H groups in total. The smallest absolute Gasteiger partial charge is 0.225 e. The molecule has 2 fully saturated rings. The quantitative estimate of drug-likeness (QED) is 0.714. The highest BCUT2D eigenvalue weighted by atomic mass is 79.9. The summed E-state index contributed by atoms with van der Waals surface area (Å²) in [5, 5.41) is 0.950. The summed E-state index contributed by atoms with van der Waals surface area (Å²) in [7, 11) is 0. The van der Waals surface area contributed by atoms with Crippen molar-refractivity contribution >= 4 is 21.8 Å². The first-order valence-corrected chi connectivity index (χ1v) is 7.81. The molecule has 1 atom stereocenters. The molecule has 16 heavy (non-hydrogen) atoms. The predicted octanol–water partition coefficient (Wildman–Crippen LogP) is 3.34. The molecule has 3 heteroatoms. The van der Waals surface area contributed by atoms with Crippen LogP contribution in [0.4, 0.5) is 0 Å². The van der Waals surface area contributed by atoms with Crippen LogP contribution in [0.5, 0.6) is 0 Å². The Hall–Kier alpha value is -0.0500. The standard InChI is InChI=1S/C13H22BrNO/c14-10-12-8-4-5-9-15(12)13(16)11-6-2-1-3-7-11/h11-12H,1-10H2. The molecule has 0 aromatic heterocycles. The summed E-state index contributed by atoms with van der Waals surface area (Å²) >= 11 is 3.55. The van der Waals surface area contributed by atoms with Gasteiger partial charge in [-0.3, -0.25) is 4.79 Å². The average Bonchev–Trinajstić information content (AvgIpc) is 2.39. The Kier molecular flexibility index (Phi) is 4.68. The maximum absolute atomic E-state index is 12.4. The van der Waals surface area contributed by atoms with Gasteiger partial charge in [0.25, 0.3) is 0 Å². The number of amides is 1. The molecule has 2 nitrogen and oxygen atoms in total. The highest BCUT2D eigenvalue weighted by molar-refractivity contribution is 9.09. The molecule has 1 aliphatic carbocycles. The van der Waals surface area contributed by atoms with Crippen LogP contribution in [0.25, 0.3) is 0 Å². The van der Waals surface area contributed by atoms with Crippen molar-refractivity contribution in [2.45, 2.75) is 57.4 Å². The lowest BCUT2D eigenvalue weighted by molar-refractivity contribution is -0.139. The Balaban J connectivity index is 1.95. The number of alkyl halides is 1. The van der Waals surface area contributed by atoms with Gasteiger partial charge in [0.15, 0.2) is 0 Å². The van der Waals surface area contributed by atoms with E-state index in [1.165, 1.54) is 38.5 Å². The SMILES string of the molecule is O=C(C1CCCCC1)N1CCCCC1CBr. The van der Waals surface area contributed by atoms with Gasteiger partial charge in [0.2, 0.25) is 5.91 Å². The minimum absolute atomic E-state index is 0.341. The van der Waals surface area contributed by atoms with Crippen LogP contribution in [0.2, 0.25) is 0 Å². The molecule has 1 saturated carbocycles. The number of likely N-dealkylation sites (tertiary alicyclic amines) is 1. The summed E-state index contributed by atoms with van der Waals surface area (Å²) in [6, 6.07) is 0.461. The zero-order chi connectivity index (χ0) is 11.4. The largest absolute Gasteiger partial charge is 0.339 e. The summed E-state index contributed by atoms with van der Waals surface area (Å²) in [4.78, 5) is 14.6. The third-order valence-electron chi connectivity index (χ3n) is 4.04. The van der Waals surface area contributed by atoms with Crippen molar-refractivity contribution in [2.24, 2.45) is 5.92 Å². The van der Waals surface area contributed by atoms with Crippen LogP contribution in [-0.4, -0.2) is 28.7 Å². The highest BCUT2D eigenvalue weighted by Crippen LogP contribution is 2.28. The number of halogens is 1. The van der Waals surface area contributed by atoms with Gasteiger partial charge in [-0.1, -0.05) is 35.2 Å². The van der Waals surface area contributed by atoms with Crippen LogP contribution in [-0.2, 0) is 4.79 Å². The summed E-state index contributed by atoms with van der Waals surface area (Å²) in [5.41, 5.74) is 0. The molecule has 0 spiro atoms. The van der Waals surface area contributed by atoms with Gasteiger partial charge in [0.05, 0.1) is 0 Å². The Bertz CT molecular complexity index is 238. The van der Waals surface area contributed by atoms with Gasteiger partial charge < -0.3 is 4.90 Å². The number of rotatable bonds is 2. The van der Waals surface area contributed by atoms with E-state index < -0.39 is 0 Å². The summed E-state index contributed by atoms with van der Waals surface area (Å²) in [6.07, 6.45) is 9.75. The molecule has 0 aromatic rings. The van der Waals surface area contributed by atoms with Crippen LogP contribution in [0.3, 0.4) is 0 Å². The van der Waals surface area contributed by atoms with Crippen LogP contribution < -0.4 is 0 Å². The lowest BCUT2D eigenvalue weighted by Gasteiger charge is -2.37. The van der Waals surface area contributed by atoms with Gasteiger partial charge in [-0.2, -0.15) is 0 Å². The van der Waals surface area contributed by atoms with Gasteiger partial charge >= 0.3 is 0 Å². The molecule has 1 unspecified atom stereocenters. The average molecular weight is 288 g/mol. The molecule has 0 aromatic carbocycles. The van der Waals surface area contributed by atoms with Crippen molar-refractivity contribution in [1.29, 1.82) is 0 Å². The van der Waals surface area contributed by atoms with E-state index in [-0.39, 0.29) is 0 Å². The number of nitrogens with zero attached hydrogens (tertiary/aromatic N) is 1. The van der Waals surface area contributed by atoms with Gasteiger partial charge in [-0.05, 0) is 32.1 Å². The first-order valence-electron chi connectivity index (χ1n) is 6.69. The number of hydrogen-bond donors (Lipinski definition) is 0. The normalized spacial score (nSPS) is 28.1. The molecule has 1 amide bonds. The van der Waals surface area contributed by atoms with Crippen molar-refractivity contribution in [3.05, 3.63) is 0 Å². The van der Waals surface area contributed by atoms with Crippen LogP contribution in [0.15, 0.2) is 0 Å². The van der Waals surface area contributed by atoms with Gasteiger partial charge in [-0.15, -0.1) is 0 Å². The third-order valence-corrected chi connectivity index (χ3v) is 4.79. The van der Waals surface area contributed by atoms with E-state index in [0.717, 1.165) is 24.7 Å². The van der Waals surface area contributed by atoms with E-state index in [2.05, 4.69) is 20.8 Å². The second kappa shape index (κ2) is 6.04. The number of carbonyl (C=O) groups is 1. The van der Waals surface area contributed by atoms with Crippen LogP contribution in [0, 0.1) is 5.92 Å². The zero-order valence-corrected chi connectivity index (χ0v) is 11.5. The van der Waals surface area contributed by atoms with E-state index >= 15 is 0 Å². The lowest BCUT2D eigenvalue weighted by Crippen LogP contribution is -2.47. The molecule has 0 bridgehead atoms. The Morgan fingerprint density at radius 1 is 1.06 bits per heavy atom. The van der Waals surface area contributed by atoms with E-state index in [0.29, 0.717) is 17.9 Å². The minimum atomic E-state index is 0.341. The maximum Gasteiger partial charge on any atom is 0.225 e. The first kappa shape index (κ1) is 12.4. The molecule has 92 valence electrons. The van der Waals surface area contributed by atoms with Gasteiger partial charge in [0, 0.05) is 23.8 Å². The molecular weight excluding hydrogens is 266 g/mol. The van der Waals surface area contributed by atoms with E-state index in [9.17, 15) is 4.79 Å². The third kappa shape index (κ3) is 2.79. The Morgan fingerprint density at radius 2 is 1.75 bits per heavy atom. The van der Waals surface area contributed by atoms with Crippen molar-refractivity contribution in [3.8, 4) is 0 Å². The fourth-order valence-electron chi connectivity index (χ4n) is 3.04. The Labute approximate surface area is 107 Å². The van der Waals surface area contributed by atoms with Crippen LogP contribution in [0.1, 0.15) is 51.4 Å². The van der Waals surface area contributed by atoms with Crippen molar-refractivity contribution in [2.75, 3.05) is 11.9 Å². The maximum atomic E-state index is 12.4. The zero-order valence-electron chi connectivity index (χ0n) is 9.96. The molecular formula is C13H22BrNO. The van der Waals surface area contributed by atoms with Crippen molar-refractivity contribution in [1.82, 2.24) is 4.90 Å². The van der Waals surface area contributed by atoms with Gasteiger partial charge in [-0.25, -0.2) is 0 Å². The monoisotopic (exact) mass is 287 g/mol. The second-order valence-corrected chi connectivity index (χ2v) is 5.82. The van der Waals surface area contributed by atoms with Crippen molar-refractivity contribution in [3.63, 3.8) is 0 Å². The summed E-state index contributed by atoms with van der Waals surface area (Å²) in [6.45, 7) is 0.992. The van der Waals surface area contributed by atoms with Crippen LogP contribution >= 0.6 is 15.9 Å². The summed E-state index contributed by atoms with van der Waals surface area (Å²) < 4.78 is 0. The summed E-state index contributed by atoms with van der Waals surface area (Å²) in [5.74, 6) is 0.789. The molecule has 2 rings (SSSR count). The fourth-order valence-corrected chi connectivity index (χ4v) is 3.71. The van der Waals surface area contributed by atoms with E-state index in [4.69, 9.17) is 0 Å². The minimum Gasteiger partial charge on any atom is -0.339 e. The van der Waals surface area contributed by atoms with Crippen molar-refractivity contribution < 1.29 is 4.79 Å². The second-order valence-electron chi connectivity index (χ2n) is 5.17.